The average molecular weight is 348 g/mol. The van der Waals surface area contributed by atoms with Crippen LogP contribution in [0.1, 0.15) is 73.3 Å². The molecule has 2 fully saturated rings. The van der Waals surface area contributed by atoms with Crippen LogP contribution in [0, 0.1) is 0 Å². The Balaban J connectivity index is 1.68. The molecule has 1 aliphatic heterocycles. The molecule has 2 heterocycles. The highest BCUT2D eigenvalue weighted by Gasteiger charge is 2.33. The Morgan fingerprint density at radius 2 is 2.04 bits per heavy atom. The van der Waals surface area contributed by atoms with Gasteiger partial charge in [0.05, 0.1) is 23.1 Å². The molecule has 0 radical (unpaired) electrons. The summed E-state index contributed by atoms with van der Waals surface area (Å²) in [7, 11) is 3.96. The molecule has 0 bridgehead atoms. The smallest absolute Gasteiger partial charge is 0.257 e. The third-order valence-electron chi connectivity index (χ3n) is 5.73. The summed E-state index contributed by atoms with van der Waals surface area (Å²) in [6, 6.07) is 0. The van der Waals surface area contributed by atoms with Crippen LogP contribution >= 0.6 is 0 Å². The van der Waals surface area contributed by atoms with E-state index in [4.69, 9.17) is 0 Å². The van der Waals surface area contributed by atoms with E-state index in [0.29, 0.717) is 32.0 Å². The van der Waals surface area contributed by atoms with Crippen LogP contribution in [0.5, 0.6) is 0 Å². The lowest BCUT2D eigenvalue weighted by Crippen LogP contribution is -2.41. The SMILES string of the molecule is CN(C)C[C@@]1(O)CCCN(C(=O)c2cn[nH]c2C2CCCCC2)CC1. The molecule has 1 aromatic rings. The molecule has 6 nitrogen and oxygen atoms in total. The van der Waals surface area contributed by atoms with Crippen LogP contribution < -0.4 is 0 Å². The number of aromatic nitrogens is 2. The van der Waals surface area contributed by atoms with Gasteiger partial charge < -0.3 is 14.9 Å². The summed E-state index contributed by atoms with van der Waals surface area (Å²) in [5.74, 6) is 0.510. The number of nitrogens with zero attached hydrogens (tertiary/aromatic N) is 3. The molecule has 1 amide bonds. The maximum absolute atomic E-state index is 13.1. The fourth-order valence-electron chi connectivity index (χ4n) is 4.47. The minimum Gasteiger partial charge on any atom is -0.388 e. The van der Waals surface area contributed by atoms with Gasteiger partial charge in [-0.3, -0.25) is 9.89 Å². The van der Waals surface area contributed by atoms with Gasteiger partial charge in [-0.05, 0) is 46.2 Å². The van der Waals surface area contributed by atoms with Crippen LogP contribution in [-0.4, -0.2) is 70.3 Å². The summed E-state index contributed by atoms with van der Waals surface area (Å²) in [6.45, 7) is 1.97. The third-order valence-corrected chi connectivity index (χ3v) is 5.73. The summed E-state index contributed by atoms with van der Waals surface area (Å²) in [4.78, 5) is 17.0. The highest BCUT2D eigenvalue weighted by Crippen LogP contribution is 2.34. The van der Waals surface area contributed by atoms with Crippen molar-refractivity contribution in [3.05, 3.63) is 17.5 Å². The minimum atomic E-state index is -0.693. The number of rotatable bonds is 4. The van der Waals surface area contributed by atoms with E-state index in [-0.39, 0.29) is 5.91 Å². The minimum absolute atomic E-state index is 0.0726. The molecule has 1 aromatic heterocycles. The van der Waals surface area contributed by atoms with Crippen molar-refractivity contribution in [2.45, 2.75) is 62.9 Å². The molecule has 1 saturated heterocycles. The summed E-state index contributed by atoms with van der Waals surface area (Å²) in [5.41, 5.74) is 1.07. The van der Waals surface area contributed by atoms with Gasteiger partial charge in [0.2, 0.25) is 0 Å². The molecule has 1 atom stereocenters. The summed E-state index contributed by atoms with van der Waals surface area (Å²) in [6.07, 6.45) is 9.97. The molecule has 0 unspecified atom stereocenters. The molecule has 1 aliphatic carbocycles. The van der Waals surface area contributed by atoms with E-state index >= 15 is 0 Å². The number of carbonyl (C=O) groups excluding carboxylic acids is 1. The molecule has 3 rings (SSSR count). The fraction of sp³-hybridized carbons (Fsp3) is 0.789. The standard InChI is InChI=1S/C19H32N4O2/c1-22(2)14-19(25)9-6-11-23(12-10-19)18(24)16-13-20-21-17(16)15-7-4-3-5-8-15/h13,15,25H,3-12,14H2,1-2H3,(H,20,21)/t19-/m1/s1. The van der Waals surface area contributed by atoms with Crippen LogP contribution in [0.25, 0.3) is 0 Å². The van der Waals surface area contributed by atoms with E-state index in [9.17, 15) is 9.90 Å². The Kier molecular flexibility index (Phi) is 5.79. The number of likely N-dealkylation sites (N-methyl/N-ethyl adjacent to an activating group) is 1. The van der Waals surface area contributed by atoms with E-state index < -0.39 is 5.60 Å². The lowest BCUT2D eigenvalue weighted by molar-refractivity contribution is 0.00304. The Labute approximate surface area is 150 Å². The van der Waals surface area contributed by atoms with Crippen LogP contribution in [-0.2, 0) is 0 Å². The van der Waals surface area contributed by atoms with Gasteiger partial charge >= 0.3 is 0 Å². The molecule has 140 valence electrons. The van der Waals surface area contributed by atoms with Gasteiger partial charge in [0.1, 0.15) is 0 Å². The van der Waals surface area contributed by atoms with Gasteiger partial charge in [0.25, 0.3) is 5.91 Å². The molecule has 25 heavy (non-hydrogen) atoms. The first-order valence-electron chi connectivity index (χ1n) is 9.68. The van der Waals surface area contributed by atoms with Crippen LogP contribution in [0.15, 0.2) is 6.20 Å². The highest BCUT2D eigenvalue weighted by molar-refractivity contribution is 5.95. The zero-order valence-corrected chi connectivity index (χ0v) is 15.6. The Hall–Kier alpha value is -1.40. The van der Waals surface area contributed by atoms with E-state index in [0.717, 1.165) is 36.9 Å². The van der Waals surface area contributed by atoms with Gasteiger partial charge in [-0.15, -0.1) is 0 Å². The molecule has 6 heteroatoms. The van der Waals surface area contributed by atoms with Crippen molar-refractivity contribution in [3.8, 4) is 0 Å². The van der Waals surface area contributed by atoms with Crippen molar-refractivity contribution >= 4 is 5.91 Å². The van der Waals surface area contributed by atoms with Crippen molar-refractivity contribution in [2.75, 3.05) is 33.7 Å². The first-order valence-corrected chi connectivity index (χ1v) is 9.68. The largest absolute Gasteiger partial charge is 0.388 e. The lowest BCUT2D eigenvalue weighted by Gasteiger charge is -2.30. The zero-order valence-electron chi connectivity index (χ0n) is 15.6. The van der Waals surface area contributed by atoms with Crippen LogP contribution in [0.3, 0.4) is 0 Å². The van der Waals surface area contributed by atoms with E-state index in [2.05, 4.69) is 10.2 Å². The average Bonchev–Trinajstić information content (AvgIpc) is 2.99. The lowest BCUT2D eigenvalue weighted by atomic mass is 9.85. The Bertz CT molecular complexity index is 580. The van der Waals surface area contributed by atoms with Crippen LogP contribution in [0.2, 0.25) is 0 Å². The molecule has 2 N–H and O–H groups in total. The van der Waals surface area contributed by atoms with Gasteiger partial charge in [0.15, 0.2) is 0 Å². The van der Waals surface area contributed by atoms with E-state index in [1.54, 1.807) is 6.20 Å². The van der Waals surface area contributed by atoms with E-state index in [1.165, 1.54) is 19.3 Å². The molecule has 0 aromatic carbocycles. The predicted molar refractivity (Wildman–Crippen MR) is 97.7 cm³/mol. The number of aliphatic hydroxyl groups is 1. The van der Waals surface area contributed by atoms with E-state index in [1.807, 2.05) is 23.9 Å². The van der Waals surface area contributed by atoms with Gasteiger partial charge in [-0.2, -0.15) is 5.10 Å². The second-order valence-corrected chi connectivity index (χ2v) is 8.14. The number of likely N-dealkylation sites (tertiary alicyclic amines) is 1. The maximum Gasteiger partial charge on any atom is 0.257 e. The number of H-pyrrole nitrogens is 1. The predicted octanol–water partition coefficient (Wildman–Crippen LogP) is 2.38. The third kappa shape index (κ3) is 4.42. The highest BCUT2D eigenvalue weighted by atomic mass is 16.3. The summed E-state index contributed by atoms with van der Waals surface area (Å²) < 4.78 is 0. The number of hydrogen-bond acceptors (Lipinski definition) is 4. The second-order valence-electron chi connectivity index (χ2n) is 8.14. The Morgan fingerprint density at radius 3 is 2.76 bits per heavy atom. The molecule has 2 aliphatic rings. The number of nitrogens with one attached hydrogen (secondary N) is 1. The first kappa shape index (κ1) is 18.4. The zero-order chi connectivity index (χ0) is 17.9. The van der Waals surface area contributed by atoms with Crippen molar-refractivity contribution in [2.24, 2.45) is 0 Å². The summed E-state index contributed by atoms with van der Waals surface area (Å²) >= 11 is 0. The number of carbonyl (C=O) groups is 1. The van der Waals surface area contributed by atoms with Crippen molar-refractivity contribution in [1.29, 1.82) is 0 Å². The fourth-order valence-corrected chi connectivity index (χ4v) is 4.47. The van der Waals surface area contributed by atoms with Crippen molar-refractivity contribution in [3.63, 3.8) is 0 Å². The first-order chi connectivity index (χ1) is 12.0. The van der Waals surface area contributed by atoms with Gasteiger partial charge in [0, 0.05) is 25.6 Å². The molecular weight excluding hydrogens is 316 g/mol. The quantitative estimate of drug-likeness (QED) is 0.876. The second kappa shape index (κ2) is 7.87. The topological polar surface area (TPSA) is 72.5 Å². The molecule has 1 saturated carbocycles. The normalized spacial score (nSPS) is 26.0. The monoisotopic (exact) mass is 348 g/mol. The number of amides is 1. The Morgan fingerprint density at radius 1 is 1.28 bits per heavy atom. The van der Waals surface area contributed by atoms with Crippen LogP contribution in [0.4, 0.5) is 0 Å². The number of aromatic amines is 1. The van der Waals surface area contributed by atoms with Gasteiger partial charge in [-0.1, -0.05) is 19.3 Å². The molecule has 0 spiro atoms. The number of hydrogen-bond donors (Lipinski definition) is 2. The van der Waals surface area contributed by atoms with Crippen molar-refractivity contribution in [1.82, 2.24) is 20.0 Å². The van der Waals surface area contributed by atoms with Crippen molar-refractivity contribution < 1.29 is 9.90 Å². The van der Waals surface area contributed by atoms with Gasteiger partial charge in [-0.25, -0.2) is 0 Å². The molecular formula is C19H32N4O2. The summed E-state index contributed by atoms with van der Waals surface area (Å²) in [5, 5.41) is 18.1. The maximum atomic E-state index is 13.1.